The fourth-order valence-corrected chi connectivity index (χ4v) is 1.51. The molecule has 0 aromatic heterocycles. The molecule has 0 saturated heterocycles. The first-order valence-corrected chi connectivity index (χ1v) is 7.20. The van der Waals surface area contributed by atoms with E-state index in [4.69, 9.17) is 15.3 Å². The topological polar surface area (TPSA) is 125 Å². The van der Waals surface area contributed by atoms with E-state index >= 15 is 0 Å². The molecular weight excluding hydrogens is 282 g/mol. The summed E-state index contributed by atoms with van der Waals surface area (Å²) < 4.78 is 0. The van der Waals surface area contributed by atoms with Crippen molar-refractivity contribution in [3.63, 3.8) is 0 Å². The Morgan fingerprint density at radius 2 is 1.19 bits per heavy atom. The zero-order valence-corrected chi connectivity index (χ0v) is 12.5. The van der Waals surface area contributed by atoms with Crippen LogP contribution in [-0.2, 0) is 9.68 Å². The fraction of sp³-hybridized carbons (Fsp3) is 0.846. The molecule has 21 heavy (non-hydrogen) atoms. The van der Waals surface area contributed by atoms with Gasteiger partial charge in [-0.1, -0.05) is 58.3 Å². The Labute approximate surface area is 125 Å². The van der Waals surface area contributed by atoms with Gasteiger partial charge in [-0.25, -0.2) is 9.59 Å². The summed E-state index contributed by atoms with van der Waals surface area (Å²) in [6, 6.07) is 0. The molecule has 0 aliphatic rings. The third-order valence-electron chi connectivity index (χ3n) is 2.52. The van der Waals surface area contributed by atoms with Crippen LogP contribution >= 0.6 is 0 Å². The number of nitrogens with one attached hydrogen (secondary N) is 1. The first-order chi connectivity index (χ1) is 10.0. The second-order valence-electron chi connectivity index (χ2n) is 4.37. The lowest BCUT2D eigenvalue weighted by atomic mass is 10.1. The maximum absolute atomic E-state index is 9.42. The second-order valence-corrected chi connectivity index (χ2v) is 4.37. The van der Waals surface area contributed by atoms with Crippen LogP contribution in [0.4, 0.5) is 9.59 Å². The Morgan fingerprint density at radius 1 is 0.810 bits per heavy atom. The number of carboxylic acid groups (broad SMARTS) is 2. The Bertz CT molecular complexity index is 225. The highest BCUT2D eigenvalue weighted by molar-refractivity contribution is 5.57. The maximum Gasteiger partial charge on any atom is 0.527 e. The Hall–Kier alpha value is -1.54. The molecule has 0 rings (SSSR count). The van der Waals surface area contributed by atoms with Gasteiger partial charge in [-0.2, -0.15) is 0 Å². The van der Waals surface area contributed by atoms with Crippen molar-refractivity contribution in [2.24, 2.45) is 0 Å². The van der Waals surface area contributed by atoms with Crippen LogP contribution in [-0.4, -0.2) is 34.2 Å². The summed E-state index contributed by atoms with van der Waals surface area (Å²) in [5.41, 5.74) is 1.19. The molecule has 8 heteroatoms. The third-order valence-corrected chi connectivity index (χ3v) is 2.52. The SMILES string of the molecule is CCCCCCCCCCCO.O=C(O)ONOC(=O)O. The van der Waals surface area contributed by atoms with Gasteiger partial charge in [0.25, 0.3) is 0 Å². The van der Waals surface area contributed by atoms with Gasteiger partial charge in [-0.3, -0.25) is 0 Å². The molecule has 0 unspecified atom stereocenters. The number of aliphatic hydroxyl groups is 1. The molecule has 0 atom stereocenters. The minimum absolute atomic E-state index is 0.371. The predicted molar refractivity (Wildman–Crippen MR) is 75.7 cm³/mol. The van der Waals surface area contributed by atoms with E-state index in [9.17, 15) is 9.59 Å². The van der Waals surface area contributed by atoms with E-state index in [-0.39, 0.29) is 0 Å². The highest BCUT2D eigenvalue weighted by atomic mass is 17.0. The van der Waals surface area contributed by atoms with Crippen LogP contribution in [0.5, 0.6) is 0 Å². The first-order valence-electron chi connectivity index (χ1n) is 7.20. The van der Waals surface area contributed by atoms with E-state index in [1.807, 2.05) is 0 Å². The summed E-state index contributed by atoms with van der Waals surface area (Å²) in [7, 11) is 0. The predicted octanol–water partition coefficient (Wildman–Crippen LogP) is 3.30. The van der Waals surface area contributed by atoms with E-state index in [1.165, 1.54) is 57.0 Å². The summed E-state index contributed by atoms with van der Waals surface area (Å²) in [5, 5.41) is 23.9. The zero-order valence-electron chi connectivity index (χ0n) is 12.5. The number of aliphatic hydroxyl groups excluding tert-OH is 1. The van der Waals surface area contributed by atoms with Gasteiger partial charge in [-0.05, 0) is 6.42 Å². The van der Waals surface area contributed by atoms with Crippen molar-refractivity contribution in [2.75, 3.05) is 6.61 Å². The molecule has 0 aliphatic heterocycles. The summed E-state index contributed by atoms with van der Waals surface area (Å²) in [4.78, 5) is 25.7. The Kier molecular flexibility index (Phi) is 19.1. The number of carbonyl (C=O) groups is 2. The van der Waals surface area contributed by atoms with Gasteiger partial charge in [-0.15, -0.1) is 0 Å². The highest BCUT2D eigenvalue weighted by Gasteiger charge is 1.98. The van der Waals surface area contributed by atoms with Gasteiger partial charge < -0.3 is 25.0 Å². The van der Waals surface area contributed by atoms with E-state index in [0.29, 0.717) is 6.61 Å². The van der Waals surface area contributed by atoms with E-state index in [2.05, 4.69) is 16.6 Å². The molecule has 0 aromatic carbocycles. The summed E-state index contributed by atoms with van der Waals surface area (Å²) in [6.07, 6.45) is 8.47. The lowest BCUT2D eigenvalue weighted by Gasteiger charge is -1.99. The molecule has 0 spiro atoms. The number of hydrogen-bond acceptors (Lipinski definition) is 6. The summed E-state index contributed by atoms with van der Waals surface area (Å²) in [5.74, 6) is 0. The maximum atomic E-state index is 9.42. The number of unbranched alkanes of at least 4 members (excludes halogenated alkanes) is 8. The van der Waals surface area contributed by atoms with Crippen molar-refractivity contribution >= 4 is 12.3 Å². The van der Waals surface area contributed by atoms with Gasteiger partial charge in [0.2, 0.25) is 0 Å². The van der Waals surface area contributed by atoms with Crippen LogP contribution in [0.1, 0.15) is 64.7 Å². The average molecular weight is 309 g/mol. The third kappa shape index (κ3) is 27.6. The largest absolute Gasteiger partial charge is 0.527 e. The van der Waals surface area contributed by atoms with Gasteiger partial charge in [0.15, 0.2) is 0 Å². The molecule has 0 aliphatic carbocycles. The first kappa shape index (κ1) is 21.8. The van der Waals surface area contributed by atoms with E-state index < -0.39 is 12.3 Å². The minimum atomic E-state index is -1.68. The second kappa shape index (κ2) is 18.5. The van der Waals surface area contributed by atoms with Gasteiger partial charge in [0, 0.05) is 12.3 Å². The van der Waals surface area contributed by atoms with E-state index in [1.54, 1.807) is 0 Å². The number of rotatable bonds is 11. The zero-order chi connectivity index (χ0) is 16.3. The lowest BCUT2D eigenvalue weighted by molar-refractivity contribution is -0.113. The van der Waals surface area contributed by atoms with Crippen LogP contribution in [0.3, 0.4) is 0 Å². The molecule has 0 bridgehead atoms. The van der Waals surface area contributed by atoms with Crippen molar-refractivity contribution < 1.29 is 34.6 Å². The smallest absolute Gasteiger partial charge is 0.448 e. The monoisotopic (exact) mass is 309 g/mol. The summed E-state index contributed by atoms with van der Waals surface area (Å²) in [6.45, 7) is 2.62. The van der Waals surface area contributed by atoms with Crippen LogP contribution in [0.25, 0.3) is 0 Å². The standard InChI is InChI=1S/C11H24O.C2H3NO6/c1-2-3-4-5-6-7-8-9-10-11-12;4-1(5)8-3-9-2(6)7/h12H,2-11H2,1H3;3H,(H,4,5)(H,6,7). The van der Waals surface area contributed by atoms with Crippen LogP contribution in [0.15, 0.2) is 0 Å². The highest BCUT2D eigenvalue weighted by Crippen LogP contribution is 2.08. The molecule has 0 saturated carbocycles. The molecule has 4 N–H and O–H groups in total. The molecule has 0 radical (unpaired) electrons. The van der Waals surface area contributed by atoms with Crippen LogP contribution in [0.2, 0.25) is 0 Å². The quantitative estimate of drug-likeness (QED) is 0.338. The average Bonchev–Trinajstić information content (AvgIpc) is 2.42. The Morgan fingerprint density at radius 3 is 1.52 bits per heavy atom. The molecule has 8 nitrogen and oxygen atoms in total. The van der Waals surface area contributed by atoms with Gasteiger partial charge in [0.1, 0.15) is 0 Å². The van der Waals surface area contributed by atoms with Crippen molar-refractivity contribution in [2.45, 2.75) is 64.7 Å². The van der Waals surface area contributed by atoms with Crippen molar-refractivity contribution in [3.05, 3.63) is 0 Å². The molecule has 126 valence electrons. The molecule has 0 heterocycles. The molecular formula is C13H27NO7. The van der Waals surface area contributed by atoms with Crippen molar-refractivity contribution in [3.8, 4) is 0 Å². The number of hydrogen-bond donors (Lipinski definition) is 4. The normalized spacial score (nSPS) is 9.43. The lowest BCUT2D eigenvalue weighted by Crippen LogP contribution is -2.21. The summed E-state index contributed by atoms with van der Waals surface area (Å²) >= 11 is 0. The molecule has 0 fully saturated rings. The Balaban J connectivity index is 0. The molecule has 0 aromatic rings. The van der Waals surface area contributed by atoms with Crippen LogP contribution in [0, 0.1) is 0 Å². The fourth-order valence-electron chi connectivity index (χ4n) is 1.51. The molecule has 0 amide bonds. The van der Waals surface area contributed by atoms with Crippen molar-refractivity contribution in [1.82, 2.24) is 5.64 Å². The van der Waals surface area contributed by atoms with Crippen LogP contribution < -0.4 is 5.64 Å². The minimum Gasteiger partial charge on any atom is -0.448 e. The van der Waals surface area contributed by atoms with E-state index in [0.717, 1.165) is 6.42 Å². The van der Waals surface area contributed by atoms with Crippen molar-refractivity contribution in [1.29, 1.82) is 0 Å². The van der Waals surface area contributed by atoms with Gasteiger partial charge >= 0.3 is 12.3 Å². The van der Waals surface area contributed by atoms with Gasteiger partial charge in [0.05, 0.1) is 0 Å².